The Morgan fingerprint density at radius 2 is 1.70 bits per heavy atom. The molecule has 2 amide bonds. The number of carboxylic acid groups (broad SMARTS) is 1. The Balaban J connectivity index is 1.29. The molecule has 1 atom stereocenters. The first kappa shape index (κ1) is 26.5. The molecule has 0 unspecified atom stereocenters. The number of anilines is 2. The third kappa shape index (κ3) is 7.02. The number of imidazole rings is 1. The van der Waals surface area contributed by atoms with Crippen molar-refractivity contribution < 1.29 is 19.5 Å². The molecule has 1 aromatic heterocycles. The average molecular weight is 544 g/mol. The summed E-state index contributed by atoms with van der Waals surface area (Å²) >= 11 is 12.1. The lowest BCUT2D eigenvalue weighted by atomic mass is 9.85. The van der Waals surface area contributed by atoms with Crippen molar-refractivity contribution in [3.05, 3.63) is 76.0 Å². The summed E-state index contributed by atoms with van der Waals surface area (Å²) in [6.07, 6.45) is 6.81. The van der Waals surface area contributed by atoms with Crippen molar-refractivity contribution in [2.45, 2.75) is 44.2 Å². The second kappa shape index (κ2) is 12.1. The van der Waals surface area contributed by atoms with Crippen molar-refractivity contribution in [1.82, 2.24) is 15.3 Å². The van der Waals surface area contributed by atoms with Crippen LogP contribution < -0.4 is 16.0 Å². The highest BCUT2D eigenvalue weighted by molar-refractivity contribution is 6.39. The Labute approximate surface area is 224 Å². The topological polar surface area (TPSA) is 136 Å². The van der Waals surface area contributed by atoms with Gasteiger partial charge in [0.1, 0.15) is 6.04 Å². The minimum absolute atomic E-state index is 0.0286. The SMILES string of the molecule is O=C(N[C@@H](Cc1ccc(NC(=O)[C@H]2CC[C@H](Nc3ncc[nH]3)CC2)cc1)C(=O)O)c1c(Cl)cccc1Cl. The van der Waals surface area contributed by atoms with Crippen LogP contribution in [0.3, 0.4) is 0 Å². The number of nitrogens with zero attached hydrogens (tertiary/aromatic N) is 1. The highest BCUT2D eigenvalue weighted by atomic mass is 35.5. The Kier molecular flexibility index (Phi) is 8.68. The first-order valence-electron chi connectivity index (χ1n) is 11.9. The molecule has 1 fully saturated rings. The monoisotopic (exact) mass is 543 g/mol. The molecule has 9 nitrogen and oxygen atoms in total. The van der Waals surface area contributed by atoms with Gasteiger partial charge in [-0.1, -0.05) is 41.4 Å². The van der Waals surface area contributed by atoms with E-state index in [-0.39, 0.29) is 39.9 Å². The van der Waals surface area contributed by atoms with Gasteiger partial charge < -0.3 is 26.0 Å². The second-order valence-corrected chi connectivity index (χ2v) is 9.80. The largest absolute Gasteiger partial charge is 0.480 e. The van der Waals surface area contributed by atoms with E-state index in [0.717, 1.165) is 31.6 Å². The third-order valence-electron chi connectivity index (χ3n) is 6.39. The van der Waals surface area contributed by atoms with Crippen molar-refractivity contribution in [2.24, 2.45) is 5.92 Å². The lowest BCUT2D eigenvalue weighted by Crippen LogP contribution is -2.42. The number of hydrogen-bond donors (Lipinski definition) is 5. The molecule has 0 bridgehead atoms. The van der Waals surface area contributed by atoms with Gasteiger partial charge >= 0.3 is 5.97 Å². The van der Waals surface area contributed by atoms with Crippen LogP contribution in [0.25, 0.3) is 0 Å². The first-order chi connectivity index (χ1) is 17.8. The molecule has 194 valence electrons. The molecule has 1 heterocycles. The van der Waals surface area contributed by atoms with Gasteiger partial charge in [0.2, 0.25) is 5.91 Å². The van der Waals surface area contributed by atoms with Crippen LogP contribution in [0, 0.1) is 5.92 Å². The van der Waals surface area contributed by atoms with E-state index in [4.69, 9.17) is 23.2 Å². The van der Waals surface area contributed by atoms with Crippen LogP contribution in [0.5, 0.6) is 0 Å². The summed E-state index contributed by atoms with van der Waals surface area (Å²) in [4.78, 5) is 44.4. The van der Waals surface area contributed by atoms with Crippen molar-refractivity contribution in [3.8, 4) is 0 Å². The molecule has 0 saturated heterocycles. The maximum Gasteiger partial charge on any atom is 0.326 e. The number of aliphatic carboxylic acids is 1. The van der Waals surface area contributed by atoms with Crippen molar-refractivity contribution in [2.75, 3.05) is 10.6 Å². The average Bonchev–Trinajstić information content (AvgIpc) is 3.38. The van der Waals surface area contributed by atoms with Gasteiger partial charge in [-0.25, -0.2) is 9.78 Å². The summed E-state index contributed by atoms with van der Waals surface area (Å²) in [6, 6.07) is 10.6. The first-order valence-corrected chi connectivity index (χ1v) is 12.7. The molecule has 5 N–H and O–H groups in total. The third-order valence-corrected chi connectivity index (χ3v) is 7.02. The highest BCUT2D eigenvalue weighted by Gasteiger charge is 2.27. The van der Waals surface area contributed by atoms with Gasteiger partial charge in [0.15, 0.2) is 5.95 Å². The maximum absolute atomic E-state index is 12.8. The number of H-pyrrole nitrogens is 1. The molecular weight excluding hydrogens is 517 g/mol. The number of amides is 2. The molecule has 0 radical (unpaired) electrons. The molecule has 1 aliphatic carbocycles. The predicted octanol–water partition coefficient (Wildman–Crippen LogP) is 4.75. The summed E-state index contributed by atoms with van der Waals surface area (Å²) in [7, 11) is 0. The minimum atomic E-state index is -1.19. The molecule has 0 spiro atoms. The standard InChI is InChI=1S/C26H27Cl2N5O4/c27-19-2-1-3-20(28)22(19)24(35)33-21(25(36)37)14-15-4-8-17(9-5-15)31-23(34)16-6-10-18(11-7-16)32-26-29-12-13-30-26/h1-5,8-9,12-13,16,18,21H,6-7,10-11,14H2,(H,31,34)(H,33,35)(H,36,37)(H2,29,30,32)/t16-,18-,21-/m0/s1. The fraction of sp³-hybridized carbons (Fsp3) is 0.308. The maximum atomic E-state index is 12.8. The Morgan fingerprint density at radius 3 is 2.30 bits per heavy atom. The van der Waals surface area contributed by atoms with Gasteiger partial charge in [0.05, 0.1) is 15.6 Å². The Bertz CT molecular complexity index is 1220. The van der Waals surface area contributed by atoms with E-state index in [1.807, 2.05) is 0 Å². The Morgan fingerprint density at radius 1 is 1.03 bits per heavy atom. The number of nitrogens with one attached hydrogen (secondary N) is 4. The zero-order valence-electron chi connectivity index (χ0n) is 19.8. The van der Waals surface area contributed by atoms with Crippen molar-refractivity contribution in [3.63, 3.8) is 0 Å². The zero-order chi connectivity index (χ0) is 26.4. The number of hydrogen-bond acceptors (Lipinski definition) is 5. The molecule has 3 aromatic rings. The van der Waals surface area contributed by atoms with Crippen LogP contribution in [-0.4, -0.2) is 44.9 Å². The lowest BCUT2D eigenvalue weighted by Gasteiger charge is -2.28. The van der Waals surface area contributed by atoms with E-state index in [9.17, 15) is 19.5 Å². The van der Waals surface area contributed by atoms with Crippen molar-refractivity contribution in [1.29, 1.82) is 0 Å². The number of aromatic nitrogens is 2. The minimum Gasteiger partial charge on any atom is -0.480 e. The van der Waals surface area contributed by atoms with Crippen LogP contribution >= 0.6 is 23.2 Å². The summed E-state index contributed by atoms with van der Waals surface area (Å²) in [6.45, 7) is 0. The fourth-order valence-corrected chi connectivity index (χ4v) is 4.96. The highest BCUT2D eigenvalue weighted by Crippen LogP contribution is 2.27. The zero-order valence-corrected chi connectivity index (χ0v) is 21.4. The second-order valence-electron chi connectivity index (χ2n) is 8.98. The molecule has 1 aliphatic rings. The van der Waals surface area contributed by atoms with Gasteiger partial charge in [-0.3, -0.25) is 9.59 Å². The van der Waals surface area contributed by atoms with E-state index in [1.54, 1.807) is 42.7 Å². The normalized spacial score (nSPS) is 18.0. The summed E-state index contributed by atoms with van der Waals surface area (Å²) in [5.41, 5.74) is 1.34. The number of benzene rings is 2. The molecule has 2 aromatic carbocycles. The quantitative estimate of drug-likeness (QED) is 0.264. The van der Waals surface area contributed by atoms with E-state index in [1.165, 1.54) is 12.1 Å². The lowest BCUT2D eigenvalue weighted by molar-refractivity contribution is -0.139. The fourth-order valence-electron chi connectivity index (χ4n) is 4.39. The van der Waals surface area contributed by atoms with E-state index < -0.39 is 17.9 Å². The van der Waals surface area contributed by atoms with Gasteiger partial charge in [0.25, 0.3) is 5.91 Å². The smallest absolute Gasteiger partial charge is 0.326 e. The number of rotatable bonds is 9. The summed E-state index contributed by atoms with van der Waals surface area (Å²) < 4.78 is 0. The van der Waals surface area contributed by atoms with Crippen LogP contribution in [0.1, 0.15) is 41.6 Å². The van der Waals surface area contributed by atoms with E-state index >= 15 is 0 Å². The van der Waals surface area contributed by atoms with Gasteiger partial charge in [0, 0.05) is 36.5 Å². The predicted molar refractivity (Wildman–Crippen MR) is 142 cm³/mol. The molecular formula is C26H27Cl2N5O4. The van der Waals surface area contributed by atoms with Crippen LogP contribution in [0.4, 0.5) is 11.6 Å². The van der Waals surface area contributed by atoms with Crippen LogP contribution in [0.2, 0.25) is 10.0 Å². The Hall–Kier alpha value is -3.56. The number of carbonyl (C=O) groups excluding carboxylic acids is 2. The number of carboxylic acids is 1. The van der Waals surface area contributed by atoms with E-state index in [0.29, 0.717) is 11.3 Å². The molecule has 11 heteroatoms. The van der Waals surface area contributed by atoms with Gasteiger partial charge in [-0.05, 0) is 55.5 Å². The number of aromatic amines is 1. The number of halogens is 2. The number of carbonyl (C=O) groups is 3. The summed E-state index contributed by atoms with van der Waals surface area (Å²) in [5.74, 6) is -1.22. The molecule has 37 heavy (non-hydrogen) atoms. The molecule has 1 saturated carbocycles. The molecule has 0 aliphatic heterocycles. The molecule has 4 rings (SSSR count). The van der Waals surface area contributed by atoms with Crippen LogP contribution in [-0.2, 0) is 16.0 Å². The van der Waals surface area contributed by atoms with Crippen LogP contribution in [0.15, 0.2) is 54.9 Å². The summed E-state index contributed by atoms with van der Waals surface area (Å²) in [5, 5.41) is 18.7. The van der Waals surface area contributed by atoms with Crippen molar-refractivity contribution >= 4 is 52.6 Å². The van der Waals surface area contributed by atoms with E-state index in [2.05, 4.69) is 25.9 Å². The van der Waals surface area contributed by atoms with Gasteiger partial charge in [-0.2, -0.15) is 0 Å². The van der Waals surface area contributed by atoms with Gasteiger partial charge in [-0.15, -0.1) is 0 Å².